The molecule has 1 saturated heterocycles. The van der Waals surface area contributed by atoms with Gasteiger partial charge in [-0.3, -0.25) is 9.89 Å². The molecule has 1 aliphatic rings. The molecule has 9 heteroatoms. The van der Waals surface area contributed by atoms with Crippen LogP contribution in [0.15, 0.2) is 53.9 Å². The van der Waals surface area contributed by atoms with Crippen molar-refractivity contribution in [1.82, 2.24) is 15.2 Å². The molecule has 1 aliphatic heterocycles. The number of benzene rings is 2. The van der Waals surface area contributed by atoms with Gasteiger partial charge in [0.1, 0.15) is 18.7 Å². The van der Waals surface area contributed by atoms with Crippen molar-refractivity contribution in [2.75, 3.05) is 18.5 Å². The Balaban J connectivity index is 1.38. The van der Waals surface area contributed by atoms with E-state index in [0.717, 1.165) is 35.9 Å². The number of anilines is 1. The van der Waals surface area contributed by atoms with E-state index in [2.05, 4.69) is 20.5 Å². The first-order valence-corrected chi connectivity index (χ1v) is 11.0. The van der Waals surface area contributed by atoms with Crippen LogP contribution < -0.4 is 10.1 Å². The minimum Gasteiger partial charge on any atom is -0.489 e. The highest BCUT2D eigenvalue weighted by atomic mass is 35.5. The number of rotatable bonds is 8. The van der Waals surface area contributed by atoms with Crippen LogP contribution in [0.1, 0.15) is 28.8 Å². The SMILES string of the molecule is O=C(Nc1cc(Cl)ccc1OCC1CCCO1)c1ccc(CSc2ncn[nH]2)cc1. The molecule has 1 unspecified atom stereocenters. The second-order valence-electron chi connectivity index (χ2n) is 6.82. The molecule has 0 aliphatic carbocycles. The van der Waals surface area contributed by atoms with Crippen LogP contribution in [-0.4, -0.2) is 40.4 Å². The summed E-state index contributed by atoms with van der Waals surface area (Å²) in [5.41, 5.74) is 2.17. The summed E-state index contributed by atoms with van der Waals surface area (Å²) >= 11 is 7.67. The molecule has 2 heterocycles. The second-order valence-corrected chi connectivity index (χ2v) is 8.22. The van der Waals surface area contributed by atoms with Crippen molar-refractivity contribution in [2.45, 2.75) is 29.9 Å². The van der Waals surface area contributed by atoms with Gasteiger partial charge in [0, 0.05) is 22.9 Å². The van der Waals surface area contributed by atoms with E-state index in [1.165, 1.54) is 6.33 Å². The van der Waals surface area contributed by atoms with Gasteiger partial charge in [0.15, 0.2) is 5.16 Å². The maximum absolute atomic E-state index is 12.7. The van der Waals surface area contributed by atoms with Crippen LogP contribution in [0.5, 0.6) is 5.75 Å². The lowest BCUT2D eigenvalue weighted by Crippen LogP contribution is -2.18. The Labute approximate surface area is 183 Å². The van der Waals surface area contributed by atoms with E-state index < -0.39 is 0 Å². The number of thioether (sulfide) groups is 1. The molecular weight excluding hydrogens is 424 g/mol. The molecule has 2 N–H and O–H groups in total. The van der Waals surface area contributed by atoms with Gasteiger partial charge >= 0.3 is 0 Å². The van der Waals surface area contributed by atoms with Crippen LogP contribution in [0.3, 0.4) is 0 Å². The molecule has 3 aromatic rings. The number of aromatic amines is 1. The number of nitrogens with one attached hydrogen (secondary N) is 2. The molecule has 1 atom stereocenters. The molecule has 7 nitrogen and oxygen atoms in total. The molecule has 1 fully saturated rings. The molecule has 1 aromatic heterocycles. The van der Waals surface area contributed by atoms with E-state index in [1.807, 2.05) is 12.1 Å². The Kier molecular flexibility index (Phi) is 6.88. The first-order chi connectivity index (χ1) is 14.7. The minimum atomic E-state index is -0.228. The Hall–Kier alpha value is -2.55. The van der Waals surface area contributed by atoms with Gasteiger partial charge in [-0.05, 0) is 48.7 Å². The van der Waals surface area contributed by atoms with Gasteiger partial charge in [-0.25, -0.2) is 4.98 Å². The number of carbonyl (C=O) groups is 1. The predicted molar refractivity (Wildman–Crippen MR) is 116 cm³/mol. The van der Waals surface area contributed by atoms with Crippen molar-refractivity contribution in [1.29, 1.82) is 0 Å². The summed E-state index contributed by atoms with van der Waals surface area (Å²) in [5, 5.41) is 10.8. The van der Waals surface area contributed by atoms with Crippen molar-refractivity contribution in [2.24, 2.45) is 0 Å². The van der Waals surface area contributed by atoms with Crippen molar-refractivity contribution in [3.63, 3.8) is 0 Å². The third-order valence-electron chi connectivity index (χ3n) is 4.62. The van der Waals surface area contributed by atoms with Crippen molar-refractivity contribution in [3.8, 4) is 5.75 Å². The Bertz CT molecular complexity index is 976. The highest BCUT2D eigenvalue weighted by Crippen LogP contribution is 2.29. The maximum atomic E-state index is 12.7. The Morgan fingerprint density at radius 1 is 1.30 bits per heavy atom. The molecule has 0 spiro atoms. The van der Waals surface area contributed by atoms with Gasteiger partial charge < -0.3 is 14.8 Å². The average molecular weight is 445 g/mol. The van der Waals surface area contributed by atoms with Gasteiger partial charge in [-0.2, -0.15) is 5.10 Å². The number of hydrogen-bond donors (Lipinski definition) is 2. The molecule has 0 saturated carbocycles. The van der Waals surface area contributed by atoms with Crippen molar-refractivity contribution in [3.05, 3.63) is 64.9 Å². The van der Waals surface area contributed by atoms with Gasteiger partial charge in [0.25, 0.3) is 5.91 Å². The predicted octanol–water partition coefficient (Wildman–Crippen LogP) is 4.56. The standard InChI is InChI=1S/C21H21ClN4O3S/c22-16-7-8-19(29-11-17-2-1-9-28-17)18(10-16)25-20(27)15-5-3-14(4-6-15)12-30-21-23-13-24-26-21/h3-8,10,13,17H,1-2,9,11-12H2,(H,25,27)(H,23,24,26). The zero-order chi connectivity index (χ0) is 20.8. The number of ether oxygens (including phenoxy) is 2. The first kappa shape index (κ1) is 20.7. The highest BCUT2D eigenvalue weighted by Gasteiger charge is 2.18. The van der Waals surface area contributed by atoms with Crippen LogP contribution in [0.25, 0.3) is 0 Å². The molecule has 0 bridgehead atoms. The average Bonchev–Trinajstić information content (AvgIpc) is 3.46. The summed E-state index contributed by atoms with van der Waals surface area (Å²) in [7, 11) is 0. The number of aromatic nitrogens is 3. The lowest BCUT2D eigenvalue weighted by atomic mass is 10.1. The van der Waals surface area contributed by atoms with E-state index in [4.69, 9.17) is 21.1 Å². The maximum Gasteiger partial charge on any atom is 0.255 e. The fourth-order valence-electron chi connectivity index (χ4n) is 3.05. The number of hydrogen-bond acceptors (Lipinski definition) is 6. The van der Waals surface area contributed by atoms with Crippen LogP contribution >= 0.6 is 23.4 Å². The topological polar surface area (TPSA) is 89.1 Å². The summed E-state index contributed by atoms with van der Waals surface area (Å²) in [6, 6.07) is 12.6. The minimum absolute atomic E-state index is 0.0894. The highest BCUT2D eigenvalue weighted by molar-refractivity contribution is 7.98. The lowest BCUT2D eigenvalue weighted by Gasteiger charge is -2.15. The summed E-state index contributed by atoms with van der Waals surface area (Å²) < 4.78 is 11.5. The second kappa shape index (κ2) is 9.97. The molecule has 156 valence electrons. The van der Waals surface area contributed by atoms with E-state index in [1.54, 1.807) is 42.1 Å². The molecule has 1 amide bonds. The number of amides is 1. The first-order valence-electron chi connectivity index (χ1n) is 9.60. The molecule has 2 aromatic carbocycles. The molecule has 4 rings (SSSR count). The zero-order valence-electron chi connectivity index (χ0n) is 16.1. The largest absolute Gasteiger partial charge is 0.489 e. The van der Waals surface area contributed by atoms with E-state index in [9.17, 15) is 4.79 Å². The smallest absolute Gasteiger partial charge is 0.255 e. The van der Waals surface area contributed by atoms with Gasteiger partial charge in [0.2, 0.25) is 0 Å². The molecular formula is C21H21ClN4O3S. The lowest BCUT2D eigenvalue weighted by molar-refractivity contribution is 0.0682. The van der Waals surface area contributed by atoms with Crippen molar-refractivity contribution >= 4 is 35.0 Å². The van der Waals surface area contributed by atoms with Crippen LogP contribution in [-0.2, 0) is 10.5 Å². The quantitative estimate of drug-likeness (QED) is 0.495. The van der Waals surface area contributed by atoms with Gasteiger partial charge in [-0.1, -0.05) is 35.5 Å². The molecule has 0 radical (unpaired) electrons. The Morgan fingerprint density at radius 3 is 2.90 bits per heavy atom. The number of nitrogens with zero attached hydrogens (tertiary/aromatic N) is 2. The summed E-state index contributed by atoms with van der Waals surface area (Å²) in [4.78, 5) is 16.8. The number of H-pyrrole nitrogens is 1. The van der Waals surface area contributed by atoms with E-state index >= 15 is 0 Å². The monoisotopic (exact) mass is 444 g/mol. The third-order valence-corrected chi connectivity index (χ3v) is 5.81. The summed E-state index contributed by atoms with van der Waals surface area (Å²) in [6.07, 6.45) is 3.60. The van der Waals surface area contributed by atoms with Gasteiger partial charge in [-0.15, -0.1) is 0 Å². The summed E-state index contributed by atoms with van der Waals surface area (Å²) in [5.74, 6) is 1.07. The van der Waals surface area contributed by atoms with Crippen molar-refractivity contribution < 1.29 is 14.3 Å². The fourth-order valence-corrected chi connectivity index (χ4v) is 3.95. The van der Waals surface area contributed by atoms with Crippen LogP contribution in [0.4, 0.5) is 5.69 Å². The molecule has 30 heavy (non-hydrogen) atoms. The van der Waals surface area contributed by atoms with Gasteiger partial charge in [0.05, 0.1) is 11.8 Å². The van der Waals surface area contributed by atoms with E-state index in [0.29, 0.717) is 28.6 Å². The van der Waals surface area contributed by atoms with Crippen LogP contribution in [0.2, 0.25) is 5.02 Å². The van der Waals surface area contributed by atoms with E-state index in [-0.39, 0.29) is 12.0 Å². The number of halogens is 1. The third kappa shape index (κ3) is 5.53. The summed E-state index contributed by atoms with van der Waals surface area (Å²) in [6.45, 7) is 1.22. The normalized spacial score (nSPS) is 15.8. The zero-order valence-corrected chi connectivity index (χ0v) is 17.7. The Morgan fingerprint density at radius 2 is 2.17 bits per heavy atom. The fraction of sp³-hybridized carbons (Fsp3) is 0.286. The van der Waals surface area contributed by atoms with Crippen LogP contribution in [0, 0.1) is 0 Å². The number of carbonyl (C=O) groups excluding carboxylic acids is 1.